The van der Waals surface area contributed by atoms with Crippen LogP contribution in [0.4, 0.5) is 0 Å². The van der Waals surface area contributed by atoms with Crippen molar-refractivity contribution in [2.24, 2.45) is 11.8 Å². The number of nitrogens with one attached hydrogen (secondary N) is 1. The van der Waals surface area contributed by atoms with Crippen LogP contribution in [0, 0.1) is 18.8 Å². The number of likely N-dealkylation sites (tertiary alicyclic amines) is 1. The van der Waals surface area contributed by atoms with Crippen molar-refractivity contribution in [1.82, 2.24) is 15.2 Å². The van der Waals surface area contributed by atoms with Crippen molar-refractivity contribution in [3.63, 3.8) is 0 Å². The molecule has 2 aromatic rings. The molecule has 0 aliphatic carbocycles. The molecular formula is C18H23Cl2N3O2. The van der Waals surface area contributed by atoms with Gasteiger partial charge >= 0.3 is 0 Å². The Morgan fingerprint density at radius 2 is 1.84 bits per heavy atom. The molecule has 0 spiro atoms. The molecule has 25 heavy (non-hydrogen) atoms. The highest BCUT2D eigenvalue weighted by Crippen LogP contribution is 2.27. The maximum atomic E-state index is 12.6. The van der Waals surface area contributed by atoms with E-state index < -0.39 is 0 Å². The molecule has 2 saturated heterocycles. The summed E-state index contributed by atoms with van der Waals surface area (Å²) in [5, 5.41) is 3.40. The fourth-order valence-corrected chi connectivity index (χ4v) is 3.61. The summed E-state index contributed by atoms with van der Waals surface area (Å²) >= 11 is 0. The van der Waals surface area contributed by atoms with Gasteiger partial charge in [0, 0.05) is 31.7 Å². The number of benzene rings is 1. The number of hydrogen-bond acceptors (Lipinski definition) is 4. The lowest BCUT2D eigenvalue weighted by Crippen LogP contribution is -2.33. The molecule has 5 nitrogen and oxygen atoms in total. The third-order valence-corrected chi connectivity index (χ3v) is 4.97. The highest BCUT2D eigenvalue weighted by atomic mass is 35.5. The Labute approximate surface area is 160 Å². The standard InChI is InChI=1S/C18H21N3O2.2ClH/c1-12-16(20-18(23-12)13-5-3-2-4-6-13)7-17(22)21-10-14-8-19-9-15(14)11-21;;/h2-6,14-15,19H,7-11H2,1H3;2*1H/t14-,15+;;. The minimum absolute atomic E-state index is 0. The van der Waals surface area contributed by atoms with Gasteiger partial charge in [-0.25, -0.2) is 4.98 Å². The van der Waals surface area contributed by atoms with E-state index in [4.69, 9.17) is 4.42 Å². The van der Waals surface area contributed by atoms with Crippen molar-refractivity contribution < 1.29 is 9.21 Å². The first-order chi connectivity index (χ1) is 11.2. The molecule has 2 aliphatic rings. The quantitative estimate of drug-likeness (QED) is 0.884. The van der Waals surface area contributed by atoms with Crippen LogP contribution in [0.25, 0.3) is 11.5 Å². The van der Waals surface area contributed by atoms with Crippen LogP contribution in [0.2, 0.25) is 0 Å². The number of rotatable bonds is 3. The van der Waals surface area contributed by atoms with E-state index in [9.17, 15) is 4.79 Å². The van der Waals surface area contributed by atoms with Gasteiger partial charge in [-0.1, -0.05) is 18.2 Å². The average molecular weight is 384 g/mol. The van der Waals surface area contributed by atoms with Crippen LogP contribution in [0.5, 0.6) is 0 Å². The zero-order valence-electron chi connectivity index (χ0n) is 14.1. The normalized spacial score (nSPS) is 21.4. The molecule has 4 rings (SSSR count). The first-order valence-corrected chi connectivity index (χ1v) is 8.21. The molecule has 0 unspecified atom stereocenters. The SMILES string of the molecule is Cc1oc(-c2ccccc2)nc1CC(=O)N1C[C@H]2CNC[C@H]2C1.Cl.Cl. The lowest BCUT2D eigenvalue weighted by Gasteiger charge is -2.16. The molecule has 7 heteroatoms. The molecule has 0 saturated carbocycles. The first kappa shape index (κ1) is 19.8. The van der Waals surface area contributed by atoms with Gasteiger partial charge in [-0.3, -0.25) is 4.79 Å². The minimum Gasteiger partial charge on any atom is -0.441 e. The summed E-state index contributed by atoms with van der Waals surface area (Å²) in [6.45, 7) is 5.70. The van der Waals surface area contributed by atoms with Crippen LogP contribution in [0.15, 0.2) is 34.7 Å². The highest BCUT2D eigenvalue weighted by molar-refractivity contribution is 5.85. The Hall–Kier alpha value is -1.56. The summed E-state index contributed by atoms with van der Waals surface area (Å²) in [4.78, 5) is 19.1. The number of oxazole rings is 1. The van der Waals surface area contributed by atoms with E-state index in [0.29, 0.717) is 24.1 Å². The molecular weight excluding hydrogens is 361 g/mol. The van der Waals surface area contributed by atoms with Crippen LogP contribution in [0.3, 0.4) is 0 Å². The third-order valence-electron chi connectivity index (χ3n) is 4.97. The summed E-state index contributed by atoms with van der Waals surface area (Å²) in [5.74, 6) is 2.73. The summed E-state index contributed by atoms with van der Waals surface area (Å²) < 4.78 is 5.75. The Kier molecular flexibility index (Phi) is 6.49. The largest absolute Gasteiger partial charge is 0.441 e. The van der Waals surface area contributed by atoms with Gasteiger partial charge in [0.15, 0.2) is 0 Å². The Balaban J connectivity index is 0.00000113. The maximum Gasteiger partial charge on any atom is 0.228 e. The molecule has 2 fully saturated rings. The van der Waals surface area contributed by atoms with Crippen LogP contribution < -0.4 is 5.32 Å². The van der Waals surface area contributed by atoms with Gasteiger partial charge in [0.1, 0.15) is 5.76 Å². The topological polar surface area (TPSA) is 58.4 Å². The minimum atomic E-state index is 0. The van der Waals surface area contributed by atoms with Gasteiger partial charge in [0.25, 0.3) is 0 Å². The fraction of sp³-hybridized carbons (Fsp3) is 0.444. The molecule has 0 radical (unpaired) electrons. The van der Waals surface area contributed by atoms with Gasteiger partial charge < -0.3 is 14.6 Å². The second-order valence-corrected chi connectivity index (χ2v) is 6.54. The molecule has 1 N–H and O–H groups in total. The zero-order chi connectivity index (χ0) is 15.8. The highest BCUT2D eigenvalue weighted by Gasteiger charge is 2.38. The van der Waals surface area contributed by atoms with E-state index in [2.05, 4.69) is 10.3 Å². The molecule has 1 aromatic heterocycles. The van der Waals surface area contributed by atoms with Crippen molar-refractivity contribution in [3.05, 3.63) is 41.8 Å². The van der Waals surface area contributed by atoms with E-state index >= 15 is 0 Å². The van der Waals surface area contributed by atoms with Crippen molar-refractivity contribution in [2.75, 3.05) is 26.2 Å². The number of aromatic nitrogens is 1. The smallest absolute Gasteiger partial charge is 0.228 e. The lowest BCUT2D eigenvalue weighted by atomic mass is 10.0. The van der Waals surface area contributed by atoms with Crippen molar-refractivity contribution >= 4 is 30.7 Å². The number of carbonyl (C=O) groups is 1. The van der Waals surface area contributed by atoms with E-state index in [1.807, 2.05) is 42.2 Å². The summed E-state index contributed by atoms with van der Waals surface area (Å²) in [5.41, 5.74) is 1.69. The second kappa shape index (κ2) is 8.21. The van der Waals surface area contributed by atoms with E-state index in [0.717, 1.165) is 43.2 Å². The van der Waals surface area contributed by atoms with Gasteiger partial charge in [0.2, 0.25) is 11.8 Å². The summed E-state index contributed by atoms with van der Waals surface area (Å²) in [6.07, 6.45) is 0.328. The number of carbonyl (C=O) groups excluding carboxylic acids is 1. The summed E-state index contributed by atoms with van der Waals surface area (Å²) in [7, 11) is 0. The van der Waals surface area contributed by atoms with Gasteiger partial charge in [-0.15, -0.1) is 24.8 Å². The maximum absolute atomic E-state index is 12.6. The van der Waals surface area contributed by atoms with Crippen molar-refractivity contribution in [3.8, 4) is 11.5 Å². The van der Waals surface area contributed by atoms with Crippen LogP contribution in [0.1, 0.15) is 11.5 Å². The predicted molar refractivity (Wildman–Crippen MR) is 101 cm³/mol. The molecule has 136 valence electrons. The number of nitrogens with zero attached hydrogens (tertiary/aromatic N) is 2. The van der Waals surface area contributed by atoms with Crippen molar-refractivity contribution in [1.29, 1.82) is 0 Å². The van der Waals surface area contributed by atoms with Crippen LogP contribution in [-0.4, -0.2) is 42.0 Å². The Morgan fingerprint density at radius 1 is 1.20 bits per heavy atom. The monoisotopic (exact) mass is 383 g/mol. The number of amides is 1. The number of fused-ring (bicyclic) bond motifs is 1. The van der Waals surface area contributed by atoms with Gasteiger partial charge in [0.05, 0.1) is 12.1 Å². The average Bonchev–Trinajstić information content (AvgIpc) is 3.23. The van der Waals surface area contributed by atoms with E-state index in [1.54, 1.807) is 0 Å². The predicted octanol–water partition coefficient (Wildman–Crippen LogP) is 2.71. The molecule has 1 amide bonds. The fourth-order valence-electron chi connectivity index (χ4n) is 3.61. The molecule has 2 atom stereocenters. The molecule has 3 heterocycles. The van der Waals surface area contributed by atoms with Gasteiger partial charge in [-0.2, -0.15) is 0 Å². The number of aryl methyl sites for hydroxylation is 1. The summed E-state index contributed by atoms with van der Waals surface area (Å²) in [6, 6.07) is 9.80. The Bertz CT molecular complexity index is 708. The number of hydrogen-bond donors (Lipinski definition) is 1. The lowest BCUT2D eigenvalue weighted by molar-refractivity contribution is -0.129. The molecule has 1 aromatic carbocycles. The van der Waals surface area contributed by atoms with Crippen molar-refractivity contribution in [2.45, 2.75) is 13.3 Å². The first-order valence-electron chi connectivity index (χ1n) is 8.21. The van der Waals surface area contributed by atoms with Crippen LogP contribution in [-0.2, 0) is 11.2 Å². The third kappa shape index (κ3) is 4.00. The second-order valence-electron chi connectivity index (χ2n) is 6.54. The van der Waals surface area contributed by atoms with E-state index in [1.165, 1.54) is 0 Å². The Morgan fingerprint density at radius 3 is 2.48 bits per heavy atom. The number of halogens is 2. The zero-order valence-corrected chi connectivity index (χ0v) is 15.7. The molecule has 0 bridgehead atoms. The van der Waals surface area contributed by atoms with Crippen LogP contribution >= 0.6 is 24.8 Å². The molecule has 2 aliphatic heterocycles. The van der Waals surface area contributed by atoms with Gasteiger partial charge in [-0.05, 0) is 30.9 Å². The van der Waals surface area contributed by atoms with E-state index in [-0.39, 0.29) is 30.7 Å².